The Morgan fingerprint density at radius 1 is 1.00 bits per heavy atom. The minimum Gasteiger partial charge on any atom is -0.747 e. The van der Waals surface area contributed by atoms with Gasteiger partial charge in [-0.1, -0.05) is 0 Å². The van der Waals surface area contributed by atoms with Gasteiger partial charge < -0.3 is 9.11 Å². The molecule has 0 radical (unpaired) electrons. The first kappa shape index (κ1) is 8.14. The fourth-order valence-electron chi connectivity index (χ4n) is 0.0454. The van der Waals surface area contributed by atoms with Gasteiger partial charge in [-0.15, -0.1) is 8.67 Å². The maximum absolute atomic E-state index is 9.28. The average molecular weight is 160 g/mol. The lowest BCUT2D eigenvalue weighted by atomic mass is 14.9. The summed E-state index contributed by atoms with van der Waals surface area (Å²) in [4.78, 5) is 0. The Bertz CT molecular complexity index is 91.1. The van der Waals surface area contributed by atoms with Crippen molar-refractivity contribution in [3.63, 3.8) is 0 Å². The summed E-state index contributed by atoms with van der Waals surface area (Å²) >= 11 is -5.90. The van der Waals surface area contributed by atoms with Gasteiger partial charge in [0.2, 0.25) is 0 Å². The molecule has 0 rings (SSSR count). The minimum atomic E-state index is -2.95. The Labute approximate surface area is 49.7 Å². The number of rotatable bonds is 3. The second-order valence-corrected chi connectivity index (χ2v) is 1.63. The van der Waals surface area contributed by atoms with Gasteiger partial charge in [0.05, 0.1) is 0 Å². The van der Waals surface area contributed by atoms with Crippen molar-refractivity contribution >= 4 is 22.7 Å². The van der Waals surface area contributed by atoms with E-state index in [-0.39, 0.29) is 0 Å². The number of hydrogen-bond acceptors (Lipinski definition) is 6. The Kier molecular flexibility index (Phi) is 4.13. The summed E-state index contributed by atoms with van der Waals surface area (Å²) in [6.45, 7) is 0. The van der Waals surface area contributed by atoms with Crippen LogP contribution in [0.1, 0.15) is 0 Å². The zero-order valence-corrected chi connectivity index (χ0v) is 4.90. The monoisotopic (exact) mass is 160 g/mol. The largest absolute Gasteiger partial charge is 0.747 e. The second-order valence-electron chi connectivity index (χ2n) is 0.544. The molecule has 0 amide bonds. The molecule has 0 aliphatic heterocycles. The van der Waals surface area contributed by atoms with Gasteiger partial charge in [0, 0.05) is 0 Å². The Morgan fingerprint density at radius 2 is 1.25 bits per heavy atom. The van der Waals surface area contributed by atoms with E-state index in [1.54, 1.807) is 0 Å². The molecule has 0 aliphatic rings. The zero-order valence-electron chi connectivity index (χ0n) is 3.27. The molecule has 6 nitrogen and oxygen atoms in total. The van der Waals surface area contributed by atoms with Crippen LogP contribution in [0.3, 0.4) is 0 Å². The van der Waals surface area contributed by atoms with Crippen LogP contribution in [0.25, 0.3) is 0 Å². The van der Waals surface area contributed by atoms with E-state index in [0.717, 1.165) is 0 Å². The molecule has 8 heavy (non-hydrogen) atoms. The van der Waals surface area contributed by atoms with Gasteiger partial charge in [-0.25, -0.2) is 8.42 Å². The Hall–Kier alpha value is 0.140. The fourth-order valence-corrected chi connectivity index (χ4v) is 0.408. The first-order valence-corrected chi connectivity index (χ1v) is 3.17. The third-order valence-corrected chi connectivity index (χ3v) is 0.583. The molecule has 0 N–H and O–H groups in total. The van der Waals surface area contributed by atoms with Crippen molar-refractivity contribution in [2.45, 2.75) is 0 Å². The van der Waals surface area contributed by atoms with Gasteiger partial charge in [-0.2, -0.15) is 0 Å². The lowest BCUT2D eigenvalue weighted by Gasteiger charge is -2.04. The van der Waals surface area contributed by atoms with E-state index in [1.165, 1.54) is 0 Å². The van der Waals surface area contributed by atoms with Gasteiger partial charge in [0.15, 0.2) is 0 Å². The highest BCUT2D eigenvalue weighted by Gasteiger charge is 1.82. The predicted molar refractivity (Wildman–Crippen MR) is 20.0 cm³/mol. The lowest BCUT2D eigenvalue weighted by molar-refractivity contribution is -0.0893. The summed E-state index contributed by atoms with van der Waals surface area (Å²) < 4.78 is 43.3. The summed E-state index contributed by atoms with van der Waals surface area (Å²) in [5.74, 6) is 0. The SMILES string of the molecule is O=S([O-])OOS(=O)[O-]. The van der Waals surface area contributed by atoms with E-state index in [2.05, 4.69) is 8.67 Å². The van der Waals surface area contributed by atoms with Gasteiger partial charge in [0.1, 0.15) is 22.7 Å². The predicted octanol–water partition coefficient (Wildman–Crippen LogP) is -1.48. The molecule has 0 aromatic heterocycles. The number of hydrogen-bond donors (Lipinski definition) is 0. The van der Waals surface area contributed by atoms with Gasteiger partial charge >= 0.3 is 0 Å². The topological polar surface area (TPSA) is 98.7 Å². The molecule has 0 heterocycles. The van der Waals surface area contributed by atoms with Crippen molar-refractivity contribution in [3.05, 3.63) is 0 Å². The molecule has 2 atom stereocenters. The molecule has 8 heteroatoms. The summed E-state index contributed by atoms with van der Waals surface area (Å²) in [5, 5.41) is 0. The van der Waals surface area contributed by atoms with Crippen LogP contribution in [0, 0.1) is 0 Å². The molecule has 2 unspecified atom stereocenters. The normalized spacial score (nSPS) is 17.8. The van der Waals surface area contributed by atoms with Crippen molar-refractivity contribution in [1.29, 1.82) is 0 Å². The van der Waals surface area contributed by atoms with Crippen LogP contribution in [0.15, 0.2) is 0 Å². The van der Waals surface area contributed by atoms with Crippen LogP contribution < -0.4 is 0 Å². The van der Waals surface area contributed by atoms with E-state index in [4.69, 9.17) is 0 Å². The Balaban J connectivity index is 3.18. The van der Waals surface area contributed by atoms with Crippen molar-refractivity contribution in [3.8, 4) is 0 Å². The maximum Gasteiger partial charge on any atom is 0.122 e. The molecule has 0 fully saturated rings. The van der Waals surface area contributed by atoms with Crippen molar-refractivity contribution in [1.82, 2.24) is 0 Å². The van der Waals surface area contributed by atoms with Crippen LogP contribution in [-0.4, -0.2) is 17.5 Å². The minimum absolute atomic E-state index is 2.95. The van der Waals surface area contributed by atoms with Crippen LogP contribution in [-0.2, 0) is 31.4 Å². The van der Waals surface area contributed by atoms with E-state index in [0.29, 0.717) is 0 Å². The summed E-state index contributed by atoms with van der Waals surface area (Å²) in [7, 11) is 0. The molecule has 0 aromatic carbocycles. The molecule has 0 aliphatic carbocycles. The van der Waals surface area contributed by atoms with Gasteiger partial charge in [-0.05, 0) is 0 Å². The highest BCUT2D eigenvalue weighted by molar-refractivity contribution is 7.76. The molecular formula is O6S2-2. The molecule has 0 bridgehead atoms. The lowest BCUT2D eigenvalue weighted by Crippen LogP contribution is -1.99. The van der Waals surface area contributed by atoms with E-state index in [1.807, 2.05) is 0 Å². The highest BCUT2D eigenvalue weighted by Crippen LogP contribution is 1.82. The molecular weight excluding hydrogens is 160 g/mol. The van der Waals surface area contributed by atoms with Gasteiger partial charge in [0.25, 0.3) is 0 Å². The van der Waals surface area contributed by atoms with Crippen LogP contribution >= 0.6 is 0 Å². The van der Waals surface area contributed by atoms with Crippen LogP contribution in [0.5, 0.6) is 0 Å². The quantitative estimate of drug-likeness (QED) is 0.283. The molecule has 0 aromatic rings. The Morgan fingerprint density at radius 3 is 1.38 bits per heavy atom. The van der Waals surface area contributed by atoms with Crippen molar-refractivity contribution < 1.29 is 26.2 Å². The molecule has 50 valence electrons. The highest BCUT2D eigenvalue weighted by atomic mass is 32.2. The second kappa shape index (κ2) is 4.06. The van der Waals surface area contributed by atoms with E-state index in [9.17, 15) is 17.5 Å². The molecule has 0 saturated heterocycles. The zero-order chi connectivity index (χ0) is 6.57. The fraction of sp³-hybridized carbons (Fsp3) is 0. The smallest absolute Gasteiger partial charge is 0.122 e. The third-order valence-electron chi connectivity index (χ3n) is 0.139. The maximum atomic E-state index is 9.28. The van der Waals surface area contributed by atoms with Gasteiger partial charge in [-0.3, -0.25) is 0 Å². The molecule has 0 spiro atoms. The first-order valence-electron chi connectivity index (χ1n) is 1.17. The van der Waals surface area contributed by atoms with Crippen molar-refractivity contribution in [2.24, 2.45) is 0 Å². The summed E-state index contributed by atoms with van der Waals surface area (Å²) in [5.41, 5.74) is 0. The van der Waals surface area contributed by atoms with E-state index >= 15 is 0 Å². The van der Waals surface area contributed by atoms with Crippen LogP contribution in [0.4, 0.5) is 0 Å². The summed E-state index contributed by atoms with van der Waals surface area (Å²) in [6, 6.07) is 0. The first-order chi connectivity index (χ1) is 3.63. The van der Waals surface area contributed by atoms with Crippen LogP contribution in [0.2, 0.25) is 0 Å². The molecule has 0 saturated carbocycles. The van der Waals surface area contributed by atoms with E-state index < -0.39 is 22.7 Å². The third kappa shape index (κ3) is 6.14. The standard InChI is InChI=1S/H2O6S2/c1-7(2)5-6-8(3)4/h(H,1,2)(H,3,4)/p-2. The summed E-state index contributed by atoms with van der Waals surface area (Å²) in [6.07, 6.45) is 0. The van der Waals surface area contributed by atoms with Crippen molar-refractivity contribution in [2.75, 3.05) is 0 Å². The average Bonchev–Trinajstić information content (AvgIpc) is 1.61.